The summed E-state index contributed by atoms with van der Waals surface area (Å²) in [7, 11) is 0. The highest BCUT2D eigenvalue weighted by atomic mass is 14.7. The third-order valence-electron chi connectivity index (χ3n) is 2.41. The van der Waals surface area contributed by atoms with Crippen molar-refractivity contribution in [3.63, 3.8) is 0 Å². The molecule has 0 saturated heterocycles. The van der Waals surface area contributed by atoms with E-state index in [4.69, 9.17) is 11.8 Å². The second-order valence-corrected chi connectivity index (χ2v) is 4.69. The van der Waals surface area contributed by atoms with Gasteiger partial charge in [-0.15, -0.1) is 0 Å². The lowest BCUT2D eigenvalue weighted by Crippen LogP contribution is -2.25. The summed E-state index contributed by atoms with van der Waals surface area (Å²) in [6.45, 7) is 17.2. The number of nitriles is 1. The minimum absolute atomic E-state index is 0.0321. The molecular weight excluding hydrogens is 196 g/mol. The molecular formula is C14H14N2. The van der Waals surface area contributed by atoms with Crippen LogP contribution in [-0.4, -0.2) is 0 Å². The molecule has 0 fully saturated rings. The van der Waals surface area contributed by atoms with Crippen molar-refractivity contribution in [2.24, 2.45) is 0 Å². The number of nitrogens with zero attached hydrogens (tertiary/aromatic N) is 2. The predicted octanol–water partition coefficient (Wildman–Crippen LogP) is 1.95. The van der Waals surface area contributed by atoms with Crippen LogP contribution in [-0.2, 0) is 5.41 Å². The smallest absolute Gasteiger partial charge is 0.226 e. The zero-order valence-electron chi connectivity index (χ0n) is 9.83. The van der Waals surface area contributed by atoms with E-state index in [1.54, 1.807) is 6.07 Å². The topological polar surface area (TPSA) is 28.1 Å². The van der Waals surface area contributed by atoms with Gasteiger partial charge >= 0.3 is 0 Å². The minimum Gasteiger partial charge on any atom is -0.226 e. The highest BCUT2D eigenvalue weighted by molar-refractivity contribution is 5.65. The summed E-state index contributed by atoms with van der Waals surface area (Å²) in [5.41, 5.74) is 1.17. The SMILES string of the molecule is [C-]#[N+]/C(C#N)=c1/ccc(=C)c(C(C)(C)C)c1. The van der Waals surface area contributed by atoms with Crippen molar-refractivity contribution >= 4 is 12.3 Å². The fourth-order valence-electron chi connectivity index (χ4n) is 1.58. The number of hydrogen-bond donors (Lipinski definition) is 0. The van der Waals surface area contributed by atoms with Crippen molar-refractivity contribution in [3.8, 4) is 6.07 Å². The average Bonchev–Trinajstić information content (AvgIpc) is 2.20. The summed E-state index contributed by atoms with van der Waals surface area (Å²) in [5.74, 6) is 0. The summed E-state index contributed by atoms with van der Waals surface area (Å²) in [4.78, 5) is 3.21. The first kappa shape index (κ1) is 12.0. The van der Waals surface area contributed by atoms with Crippen LogP contribution in [0.2, 0.25) is 0 Å². The van der Waals surface area contributed by atoms with Crippen molar-refractivity contribution < 1.29 is 0 Å². The van der Waals surface area contributed by atoms with Gasteiger partial charge in [0.1, 0.15) is 0 Å². The van der Waals surface area contributed by atoms with Gasteiger partial charge in [0.15, 0.2) is 0 Å². The molecule has 0 N–H and O–H groups in total. The summed E-state index contributed by atoms with van der Waals surface area (Å²) in [6.07, 6.45) is 0. The first-order valence-electron chi connectivity index (χ1n) is 5.01. The lowest BCUT2D eigenvalue weighted by Gasteiger charge is -2.19. The molecule has 0 radical (unpaired) electrons. The van der Waals surface area contributed by atoms with Gasteiger partial charge in [-0.25, -0.2) is 10.1 Å². The Labute approximate surface area is 96.0 Å². The molecule has 0 aromatic heterocycles. The van der Waals surface area contributed by atoms with E-state index in [9.17, 15) is 0 Å². The van der Waals surface area contributed by atoms with Gasteiger partial charge < -0.3 is 0 Å². The van der Waals surface area contributed by atoms with E-state index in [-0.39, 0.29) is 11.1 Å². The zero-order valence-corrected chi connectivity index (χ0v) is 9.83. The van der Waals surface area contributed by atoms with Crippen LogP contribution in [0.5, 0.6) is 0 Å². The second-order valence-electron chi connectivity index (χ2n) is 4.69. The Morgan fingerprint density at radius 1 is 1.44 bits per heavy atom. The van der Waals surface area contributed by atoms with E-state index in [1.807, 2.05) is 18.2 Å². The van der Waals surface area contributed by atoms with E-state index in [1.165, 1.54) is 0 Å². The minimum atomic E-state index is -0.0321. The van der Waals surface area contributed by atoms with Gasteiger partial charge in [-0.3, -0.25) is 0 Å². The van der Waals surface area contributed by atoms with Crippen LogP contribution in [0.4, 0.5) is 0 Å². The van der Waals surface area contributed by atoms with Gasteiger partial charge in [-0.1, -0.05) is 45.5 Å². The molecule has 0 amide bonds. The predicted molar refractivity (Wildman–Crippen MR) is 65.5 cm³/mol. The van der Waals surface area contributed by atoms with Crippen LogP contribution in [0.1, 0.15) is 26.3 Å². The highest BCUT2D eigenvalue weighted by Crippen LogP contribution is 2.16. The molecule has 0 bridgehead atoms. The zero-order chi connectivity index (χ0) is 12.3. The van der Waals surface area contributed by atoms with Crippen LogP contribution >= 0.6 is 0 Å². The lowest BCUT2D eigenvalue weighted by molar-refractivity contribution is 0.586. The first-order valence-corrected chi connectivity index (χ1v) is 5.01. The van der Waals surface area contributed by atoms with Crippen molar-refractivity contribution in [1.29, 1.82) is 5.26 Å². The summed E-state index contributed by atoms with van der Waals surface area (Å²) in [6, 6.07) is 7.43. The quantitative estimate of drug-likeness (QED) is 0.601. The maximum Gasteiger partial charge on any atom is 0.268 e. The first-order chi connectivity index (χ1) is 7.40. The van der Waals surface area contributed by atoms with E-state index in [2.05, 4.69) is 32.2 Å². The largest absolute Gasteiger partial charge is 0.268 e. The third kappa shape index (κ3) is 2.30. The van der Waals surface area contributed by atoms with Crippen LogP contribution < -0.4 is 10.4 Å². The van der Waals surface area contributed by atoms with E-state index in [0.29, 0.717) is 5.22 Å². The van der Waals surface area contributed by atoms with Gasteiger partial charge in [-0.2, -0.15) is 0 Å². The van der Waals surface area contributed by atoms with E-state index in [0.717, 1.165) is 10.8 Å². The van der Waals surface area contributed by atoms with E-state index < -0.39 is 0 Å². The Bertz CT molecular complexity index is 574. The molecule has 1 aromatic carbocycles. The van der Waals surface area contributed by atoms with Crippen molar-refractivity contribution in [2.75, 3.05) is 0 Å². The Hall–Kier alpha value is -2.06. The van der Waals surface area contributed by atoms with Crippen LogP contribution in [0.25, 0.3) is 17.1 Å². The Kier molecular flexibility index (Phi) is 3.16. The van der Waals surface area contributed by atoms with Gasteiger partial charge in [0.05, 0.1) is 12.6 Å². The van der Waals surface area contributed by atoms with Gasteiger partial charge in [0.25, 0.3) is 5.70 Å². The molecule has 1 aromatic rings. The molecule has 0 unspecified atom stereocenters. The maximum absolute atomic E-state index is 8.83. The Morgan fingerprint density at radius 2 is 2.06 bits per heavy atom. The molecule has 0 heterocycles. The van der Waals surface area contributed by atoms with Crippen LogP contribution in [0.3, 0.4) is 0 Å². The van der Waals surface area contributed by atoms with Gasteiger partial charge in [0.2, 0.25) is 0 Å². The van der Waals surface area contributed by atoms with Crippen LogP contribution in [0.15, 0.2) is 18.2 Å². The molecule has 2 nitrogen and oxygen atoms in total. The summed E-state index contributed by atoms with van der Waals surface area (Å²) in [5, 5.41) is 10.4. The maximum atomic E-state index is 8.83. The number of hydrogen-bond acceptors (Lipinski definition) is 1. The van der Waals surface area contributed by atoms with Crippen molar-refractivity contribution in [3.05, 3.63) is 45.6 Å². The van der Waals surface area contributed by atoms with Gasteiger partial charge in [0, 0.05) is 0 Å². The molecule has 0 aliphatic rings. The third-order valence-corrected chi connectivity index (χ3v) is 2.41. The van der Waals surface area contributed by atoms with Crippen molar-refractivity contribution in [2.45, 2.75) is 26.2 Å². The molecule has 80 valence electrons. The molecule has 0 spiro atoms. The second kappa shape index (κ2) is 4.21. The van der Waals surface area contributed by atoms with Gasteiger partial charge in [-0.05, 0) is 21.4 Å². The number of rotatable bonds is 0. The fraction of sp³-hybridized carbons (Fsp3) is 0.286. The average molecular weight is 210 g/mol. The Morgan fingerprint density at radius 3 is 2.50 bits per heavy atom. The normalized spacial score (nSPS) is 12.6. The highest BCUT2D eigenvalue weighted by Gasteiger charge is 2.14. The number of benzene rings is 1. The molecule has 0 atom stereocenters. The molecule has 0 aliphatic heterocycles. The summed E-state index contributed by atoms with van der Waals surface area (Å²) >= 11 is 0. The monoisotopic (exact) mass is 210 g/mol. The molecule has 2 heteroatoms. The van der Waals surface area contributed by atoms with Crippen molar-refractivity contribution in [1.82, 2.24) is 0 Å². The molecule has 16 heavy (non-hydrogen) atoms. The standard InChI is InChI=1S/C14H14N2/c1-10-6-7-11(13(9-15)16-5)8-12(10)14(2,3)4/h6-8H,1H2,2-4H3/b13-11-. The summed E-state index contributed by atoms with van der Waals surface area (Å²) < 4.78 is 0. The lowest BCUT2D eigenvalue weighted by atomic mass is 9.85. The molecule has 0 aliphatic carbocycles. The molecule has 1 rings (SSSR count). The molecule has 0 saturated carbocycles. The Balaban J connectivity index is 3.67. The van der Waals surface area contributed by atoms with Crippen LogP contribution in [0, 0.1) is 17.9 Å². The fourth-order valence-corrected chi connectivity index (χ4v) is 1.58. The van der Waals surface area contributed by atoms with E-state index >= 15 is 0 Å².